The van der Waals surface area contributed by atoms with Crippen molar-refractivity contribution in [2.24, 2.45) is 0 Å². The minimum Gasteiger partial charge on any atom is -0.454 e. The first kappa shape index (κ1) is 20.1. The molecule has 0 N–H and O–H groups in total. The quantitative estimate of drug-likeness (QED) is 0.627. The highest BCUT2D eigenvalue weighted by Gasteiger charge is 2.28. The molecular formula is C20H30N6O3. The molecule has 1 aromatic carbocycles. The maximum absolute atomic E-state index is 5.51. The van der Waals surface area contributed by atoms with Crippen molar-refractivity contribution in [1.82, 2.24) is 30.0 Å². The molecule has 1 atom stereocenters. The lowest BCUT2D eigenvalue weighted by Crippen LogP contribution is -2.47. The van der Waals surface area contributed by atoms with Gasteiger partial charge in [-0.25, -0.2) is 4.68 Å². The molecule has 2 aliphatic heterocycles. The van der Waals surface area contributed by atoms with Crippen molar-refractivity contribution in [3.05, 3.63) is 29.6 Å². The van der Waals surface area contributed by atoms with Crippen molar-refractivity contribution in [3.8, 4) is 11.5 Å². The average Bonchev–Trinajstić information content (AvgIpc) is 3.40. The Morgan fingerprint density at radius 2 is 1.97 bits per heavy atom. The Bertz CT molecular complexity index is 790. The second-order valence-corrected chi connectivity index (χ2v) is 7.56. The van der Waals surface area contributed by atoms with Gasteiger partial charge in [0.15, 0.2) is 17.3 Å². The predicted octanol–water partition coefficient (Wildman–Crippen LogP) is 1.71. The maximum atomic E-state index is 5.51. The number of aromatic nitrogens is 4. The van der Waals surface area contributed by atoms with Crippen LogP contribution in [0.5, 0.6) is 11.5 Å². The first-order valence-electron chi connectivity index (χ1n) is 10.4. The Balaban J connectivity index is 1.36. The number of benzene rings is 1. The molecule has 2 aromatic rings. The van der Waals surface area contributed by atoms with Gasteiger partial charge in [0.25, 0.3) is 0 Å². The summed E-state index contributed by atoms with van der Waals surface area (Å²) < 4.78 is 18.0. The zero-order valence-corrected chi connectivity index (χ0v) is 17.3. The molecule has 0 bridgehead atoms. The third-order valence-electron chi connectivity index (χ3n) is 5.62. The van der Waals surface area contributed by atoms with E-state index in [1.165, 1.54) is 5.56 Å². The van der Waals surface area contributed by atoms with Crippen LogP contribution in [0.3, 0.4) is 0 Å². The second-order valence-electron chi connectivity index (χ2n) is 7.56. The second kappa shape index (κ2) is 9.51. The van der Waals surface area contributed by atoms with Crippen LogP contribution in [0, 0.1) is 0 Å². The minimum absolute atomic E-state index is 0.250. The van der Waals surface area contributed by atoms with E-state index in [-0.39, 0.29) is 6.04 Å². The largest absolute Gasteiger partial charge is 0.454 e. The van der Waals surface area contributed by atoms with Crippen molar-refractivity contribution < 1.29 is 14.2 Å². The molecule has 1 fully saturated rings. The maximum Gasteiger partial charge on any atom is 0.231 e. The number of nitrogens with zero attached hydrogens (tertiary/aromatic N) is 6. The molecule has 1 aromatic heterocycles. The van der Waals surface area contributed by atoms with Gasteiger partial charge in [-0.05, 0) is 34.5 Å². The molecule has 0 saturated carbocycles. The lowest BCUT2D eigenvalue weighted by Gasteiger charge is -2.38. The van der Waals surface area contributed by atoms with Crippen LogP contribution in [0.15, 0.2) is 18.2 Å². The van der Waals surface area contributed by atoms with E-state index in [4.69, 9.17) is 14.2 Å². The fourth-order valence-electron chi connectivity index (χ4n) is 4.07. The lowest BCUT2D eigenvalue weighted by atomic mass is 10.1. The molecule has 2 aliphatic rings. The third-order valence-corrected chi connectivity index (χ3v) is 5.62. The van der Waals surface area contributed by atoms with Gasteiger partial charge in [-0.15, -0.1) is 5.10 Å². The fourth-order valence-corrected chi connectivity index (χ4v) is 4.07. The van der Waals surface area contributed by atoms with Gasteiger partial charge in [0.1, 0.15) is 0 Å². The van der Waals surface area contributed by atoms with E-state index in [1.807, 2.05) is 10.7 Å². The number of methoxy groups -OCH3 is 1. The summed E-state index contributed by atoms with van der Waals surface area (Å²) in [5.41, 5.74) is 1.26. The molecule has 3 heterocycles. The average molecular weight is 402 g/mol. The van der Waals surface area contributed by atoms with Crippen molar-refractivity contribution in [3.63, 3.8) is 0 Å². The van der Waals surface area contributed by atoms with Gasteiger partial charge >= 0.3 is 0 Å². The smallest absolute Gasteiger partial charge is 0.231 e. The van der Waals surface area contributed by atoms with E-state index in [1.54, 1.807) is 7.11 Å². The number of hydrogen-bond acceptors (Lipinski definition) is 8. The Morgan fingerprint density at radius 1 is 1.14 bits per heavy atom. The number of piperazine rings is 1. The predicted molar refractivity (Wildman–Crippen MR) is 107 cm³/mol. The molecule has 0 amide bonds. The highest BCUT2D eigenvalue weighted by Crippen LogP contribution is 2.33. The standard InChI is InChI=1S/C20H30N6O3/c1-3-4-17(20-21-22-23-26(20)11-12-27-2)25-9-7-24(8-10-25)14-16-5-6-18-19(13-16)29-15-28-18/h5-6,13,17H,3-4,7-12,14-15H2,1-2H3/t17-/m1/s1. The number of ether oxygens (including phenoxy) is 3. The third kappa shape index (κ3) is 4.68. The van der Waals surface area contributed by atoms with Crippen LogP contribution in [0.25, 0.3) is 0 Å². The molecule has 0 radical (unpaired) electrons. The molecule has 0 spiro atoms. The molecule has 1 saturated heterocycles. The molecule has 158 valence electrons. The van der Waals surface area contributed by atoms with Gasteiger partial charge < -0.3 is 14.2 Å². The van der Waals surface area contributed by atoms with Crippen molar-refractivity contribution in [2.75, 3.05) is 46.7 Å². The van der Waals surface area contributed by atoms with Crippen LogP contribution in [0.1, 0.15) is 37.2 Å². The Morgan fingerprint density at radius 3 is 2.76 bits per heavy atom. The first-order chi connectivity index (χ1) is 14.3. The molecular weight excluding hydrogens is 372 g/mol. The van der Waals surface area contributed by atoms with Gasteiger partial charge in [-0.2, -0.15) is 0 Å². The monoisotopic (exact) mass is 402 g/mol. The topological polar surface area (TPSA) is 77.8 Å². The zero-order chi connectivity index (χ0) is 20.1. The number of tetrazole rings is 1. The van der Waals surface area contributed by atoms with Crippen LogP contribution >= 0.6 is 0 Å². The van der Waals surface area contributed by atoms with E-state index < -0.39 is 0 Å². The van der Waals surface area contributed by atoms with E-state index >= 15 is 0 Å². The van der Waals surface area contributed by atoms with Crippen molar-refractivity contribution in [1.29, 1.82) is 0 Å². The van der Waals surface area contributed by atoms with Crippen LogP contribution in [0.2, 0.25) is 0 Å². The fraction of sp³-hybridized carbons (Fsp3) is 0.650. The van der Waals surface area contributed by atoms with E-state index in [2.05, 4.69) is 44.4 Å². The van der Waals surface area contributed by atoms with Gasteiger partial charge in [-0.3, -0.25) is 9.80 Å². The van der Waals surface area contributed by atoms with Gasteiger partial charge in [0, 0.05) is 39.8 Å². The van der Waals surface area contributed by atoms with Crippen LogP contribution in [-0.2, 0) is 17.8 Å². The summed E-state index contributed by atoms with van der Waals surface area (Å²) in [5, 5.41) is 12.4. The molecule has 0 unspecified atom stereocenters. The molecule has 9 heteroatoms. The van der Waals surface area contributed by atoms with Crippen molar-refractivity contribution in [2.45, 2.75) is 38.9 Å². The summed E-state index contributed by atoms with van der Waals surface area (Å²) in [5.74, 6) is 2.65. The Kier molecular flexibility index (Phi) is 6.58. The summed E-state index contributed by atoms with van der Waals surface area (Å²) in [7, 11) is 1.70. The van der Waals surface area contributed by atoms with E-state index in [9.17, 15) is 0 Å². The first-order valence-corrected chi connectivity index (χ1v) is 10.4. The van der Waals surface area contributed by atoms with Crippen molar-refractivity contribution >= 4 is 0 Å². The summed E-state index contributed by atoms with van der Waals surface area (Å²) in [4.78, 5) is 5.01. The van der Waals surface area contributed by atoms with Crippen LogP contribution < -0.4 is 9.47 Å². The number of fused-ring (bicyclic) bond motifs is 1. The summed E-state index contributed by atoms with van der Waals surface area (Å²) in [6.45, 7) is 8.81. The number of hydrogen-bond donors (Lipinski definition) is 0. The highest BCUT2D eigenvalue weighted by molar-refractivity contribution is 5.44. The van der Waals surface area contributed by atoms with Crippen LogP contribution in [0.4, 0.5) is 0 Å². The molecule has 0 aliphatic carbocycles. The van der Waals surface area contributed by atoms with E-state index in [0.717, 1.165) is 62.9 Å². The Hall–Kier alpha value is -2.23. The van der Waals surface area contributed by atoms with E-state index in [0.29, 0.717) is 19.9 Å². The Labute approximate surface area is 171 Å². The van der Waals surface area contributed by atoms with Gasteiger partial charge in [0.2, 0.25) is 6.79 Å². The minimum atomic E-state index is 0.250. The normalized spacial score (nSPS) is 18.3. The molecule has 9 nitrogen and oxygen atoms in total. The number of rotatable bonds is 9. The summed E-state index contributed by atoms with van der Waals surface area (Å²) in [6, 6.07) is 6.48. The van der Waals surface area contributed by atoms with Crippen LogP contribution in [-0.4, -0.2) is 76.7 Å². The van der Waals surface area contributed by atoms with Gasteiger partial charge in [0.05, 0.1) is 19.2 Å². The summed E-state index contributed by atoms with van der Waals surface area (Å²) >= 11 is 0. The van der Waals surface area contributed by atoms with Gasteiger partial charge in [-0.1, -0.05) is 19.4 Å². The summed E-state index contributed by atoms with van der Waals surface area (Å²) in [6.07, 6.45) is 2.15. The molecule has 4 rings (SSSR count). The SMILES string of the molecule is CCC[C@H](c1nnnn1CCOC)N1CCN(Cc2ccc3c(c2)OCO3)CC1. The highest BCUT2D eigenvalue weighted by atomic mass is 16.7. The zero-order valence-electron chi connectivity index (χ0n) is 17.3. The lowest BCUT2D eigenvalue weighted by molar-refractivity contribution is 0.0807. The molecule has 29 heavy (non-hydrogen) atoms.